The molecule has 0 aliphatic heterocycles. The molecule has 136 valence electrons. The van der Waals surface area contributed by atoms with E-state index in [-0.39, 0.29) is 0 Å². The fourth-order valence-corrected chi connectivity index (χ4v) is 3.59. The Morgan fingerprint density at radius 2 is 1.70 bits per heavy atom. The van der Waals surface area contributed by atoms with Gasteiger partial charge >= 0.3 is 0 Å². The minimum Gasteiger partial charge on any atom is -0.241 e. The molecule has 0 saturated carbocycles. The van der Waals surface area contributed by atoms with Crippen molar-refractivity contribution in [2.24, 2.45) is 0 Å². The van der Waals surface area contributed by atoms with Crippen LogP contribution >= 0.6 is 11.8 Å². The predicted molar refractivity (Wildman–Crippen MR) is 106 cm³/mol. The summed E-state index contributed by atoms with van der Waals surface area (Å²) in [5.41, 5.74) is 4.53. The average Bonchev–Trinajstić information content (AvgIpc) is 3.39. The van der Waals surface area contributed by atoms with E-state index >= 15 is 0 Å². The zero-order valence-electron chi connectivity index (χ0n) is 15.2. The van der Waals surface area contributed by atoms with Gasteiger partial charge in [0, 0.05) is 18.1 Å². The minimum atomic E-state index is 0.506. The summed E-state index contributed by atoms with van der Waals surface area (Å²) in [7, 11) is 0. The first-order valence-corrected chi connectivity index (χ1v) is 9.80. The number of benzene rings is 2. The first-order valence-electron chi connectivity index (χ1n) is 8.81. The van der Waals surface area contributed by atoms with Gasteiger partial charge in [-0.2, -0.15) is 9.78 Å². The van der Waals surface area contributed by atoms with Gasteiger partial charge in [0.15, 0.2) is 0 Å². The molecule has 0 spiro atoms. The molecule has 0 fully saturated rings. The van der Waals surface area contributed by atoms with Crippen molar-refractivity contribution in [3.8, 4) is 11.4 Å². The topological polar surface area (TPSA) is 61.4 Å². The molecule has 2 aromatic heterocycles. The van der Waals surface area contributed by atoms with Crippen LogP contribution in [-0.2, 0) is 5.75 Å². The van der Waals surface area contributed by atoms with Crippen molar-refractivity contribution in [3.05, 3.63) is 78.1 Å². The molecule has 0 aliphatic rings. The highest BCUT2D eigenvalue weighted by atomic mass is 32.2. The normalized spacial score (nSPS) is 11.2. The van der Waals surface area contributed by atoms with E-state index in [1.165, 1.54) is 11.1 Å². The first-order chi connectivity index (χ1) is 13.2. The Hall–Kier alpha value is -2.93. The van der Waals surface area contributed by atoms with Crippen LogP contribution in [0.5, 0.6) is 0 Å². The quantitative estimate of drug-likeness (QED) is 0.471. The summed E-state index contributed by atoms with van der Waals surface area (Å²) in [5, 5.41) is 17.2. The van der Waals surface area contributed by atoms with Crippen molar-refractivity contribution in [1.29, 1.82) is 0 Å². The third-order valence-corrected chi connectivity index (χ3v) is 5.31. The van der Waals surface area contributed by atoms with Gasteiger partial charge in [-0.15, -0.1) is 5.10 Å². The zero-order chi connectivity index (χ0) is 18.6. The van der Waals surface area contributed by atoms with Crippen molar-refractivity contribution in [2.75, 3.05) is 0 Å². The molecule has 2 heterocycles. The number of tetrazole rings is 1. The molecule has 4 rings (SSSR count). The highest BCUT2D eigenvalue weighted by Crippen LogP contribution is 2.24. The Kier molecular flexibility index (Phi) is 5.02. The third-order valence-electron chi connectivity index (χ3n) is 4.32. The molecular formula is C20H20N6S. The fourth-order valence-electron chi connectivity index (χ4n) is 2.75. The number of nitrogens with zero attached hydrogens (tertiary/aromatic N) is 6. The Morgan fingerprint density at radius 1 is 0.963 bits per heavy atom. The van der Waals surface area contributed by atoms with Gasteiger partial charge < -0.3 is 0 Å². The lowest BCUT2D eigenvalue weighted by molar-refractivity contribution is 0.754. The Bertz CT molecular complexity index is 988. The van der Waals surface area contributed by atoms with Crippen LogP contribution in [-0.4, -0.2) is 30.0 Å². The molecule has 6 nitrogen and oxygen atoms in total. The van der Waals surface area contributed by atoms with Crippen molar-refractivity contribution >= 4 is 11.8 Å². The van der Waals surface area contributed by atoms with Crippen molar-refractivity contribution in [1.82, 2.24) is 30.0 Å². The second-order valence-electron chi connectivity index (χ2n) is 6.53. The second-order valence-corrected chi connectivity index (χ2v) is 7.47. The van der Waals surface area contributed by atoms with Gasteiger partial charge in [-0.3, -0.25) is 0 Å². The maximum atomic E-state index is 4.25. The van der Waals surface area contributed by atoms with Crippen molar-refractivity contribution in [2.45, 2.75) is 30.7 Å². The first kappa shape index (κ1) is 17.5. The average molecular weight is 376 g/mol. The van der Waals surface area contributed by atoms with Crippen molar-refractivity contribution < 1.29 is 0 Å². The van der Waals surface area contributed by atoms with Gasteiger partial charge in [0.2, 0.25) is 5.16 Å². The minimum absolute atomic E-state index is 0.506. The second kappa shape index (κ2) is 7.75. The summed E-state index contributed by atoms with van der Waals surface area (Å²) in [5.74, 6) is 1.30. The summed E-state index contributed by atoms with van der Waals surface area (Å²) in [6.07, 6.45) is 3.71. The van der Waals surface area contributed by atoms with E-state index in [1.807, 2.05) is 16.9 Å². The molecule has 0 amide bonds. The lowest BCUT2D eigenvalue weighted by atomic mass is 10.0. The van der Waals surface area contributed by atoms with Crippen LogP contribution in [0.15, 0.2) is 72.1 Å². The summed E-state index contributed by atoms with van der Waals surface area (Å²) >= 11 is 1.62. The smallest absolute Gasteiger partial charge is 0.214 e. The number of thioether (sulfide) groups is 1. The van der Waals surface area contributed by atoms with Crippen LogP contribution in [0.1, 0.15) is 30.9 Å². The van der Waals surface area contributed by atoms with Gasteiger partial charge in [0.1, 0.15) is 0 Å². The molecule has 4 aromatic rings. The van der Waals surface area contributed by atoms with Gasteiger partial charge in [-0.25, -0.2) is 4.68 Å². The predicted octanol–water partition coefficient (Wildman–Crippen LogP) is 4.26. The monoisotopic (exact) mass is 376 g/mol. The van der Waals surface area contributed by atoms with E-state index in [0.29, 0.717) is 5.92 Å². The fraction of sp³-hybridized carbons (Fsp3) is 0.200. The molecule has 0 unspecified atom stereocenters. The van der Waals surface area contributed by atoms with Crippen LogP contribution in [0.2, 0.25) is 0 Å². The van der Waals surface area contributed by atoms with Crippen LogP contribution in [0.4, 0.5) is 0 Å². The van der Waals surface area contributed by atoms with Crippen LogP contribution < -0.4 is 0 Å². The van der Waals surface area contributed by atoms with Crippen molar-refractivity contribution in [3.63, 3.8) is 0 Å². The molecular weight excluding hydrogens is 356 g/mol. The SMILES string of the molecule is CC(C)c1ccc(-n2nnnc2SCc2ccc(-n3cccn3)cc2)cc1. The van der Waals surface area contributed by atoms with E-state index in [4.69, 9.17) is 0 Å². The van der Waals surface area contributed by atoms with E-state index < -0.39 is 0 Å². The van der Waals surface area contributed by atoms with Gasteiger partial charge in [-0.05, 0) is 57.8 Å². The maximum absolute atomic E-state index is 4.25. The summed E-state index contributed by atoms with van der Waals surface area (Å²) in [6.45, 7) is 4.37. The van der Waals surface area contributed by atoms with Gasteiger partial charge in [0.05, 0.1) is 11.4 Å². The summed E-state index contributed by atoms with van der Waals surface area (Å²) < 4.78 is 3.63. The molecule has 0 N–H and O–H groups in total. The molecule has 0 saturated heterocycles. The van der Waals surface area contributed by atoms with E-state index in [9.17, 15) is 0 Å². The van der Waals surface area contributed by atoms with Gasteiger partial charge in [0.25, 0.3) is 0 Å². The molecule has 2 aromatic carbocycles. The molecule has 0 bridgehead atoms. The van der Waals surface area contributed by atoms with E-state index in [1.54, 1.807) is 22.6 Å². The highest BCUT2D eigenvalue weighted by Gasteiger charge is 2.10. The Balaban J connectivity index is 1.46. The molecule has 0 atom stereocenters. The van der Waals surface area contributed by atoms with Crippen LogP contribution in [0, 0.1) is 0 Å². The lowest BCUT2D eigenvalue weighted by Gasteiger charge is -2.08. The van der Waals surface area contributed by atoms with E-state index in [0.717, 1.165) is 22.3 Å². The standard InChI is InChI=1S/C20H20N6S/c1-15(2)17-6-10-19(11-7-17)26-20(22-23-24-26)27-14-16-4-8-18(9-5-16)25-13-3-12-21-25/h3-13,15H,14H2,1-2H3. The Labute approximate surface area is 162 Å². The molecule has 27 heavy (non-hydrogen) atoms. The van der Waals surface area contributed by atoms with E-state index in [2.05, 4.69) is 83.0 Å². The number of aromatic nitrogens is 6. The van der Waals surface area contributed by atoms with Crippen LogP contribution in [0.3, 0.4) is 0 Å². The van der Waals surface area contributed by atoms with Crippen LogP contribution in [0.25, 0.3) is 11.4 Å². The number of hydrogen-bond acceptors (Lipinski definition) is 5. The number of hydrogen-bond donors (Lipinski definition) is 0. The molecule has 0 radical (unpaired) electrons. The summed E-state index contributed by atoms with van der Waals surface area (Å²) in [4.78, 5) is 0. The Morgan fingerprint density at radius 3 is 2.37 bits per heavy atom. The largest absolute Gasteiger partial charge is 0.241 e. The third kappa shape index (κ3) is 3.93. The molecule has 7 heteroatoms. The number of rotatable bonds is 6. The van der Waals surface area contributed by atoms with Gasteiger partial charge in [-0.1, -0.05) is 49.9 Å². The molecule has 0 aliphatic carbocycles. The summed E-state index contributed by atoms with van der Waals surface area (Å²) in [6, 6.07) is 18.6. The lowest BCUT2D eigenvalue weighted by Crippen LogP contribution is -2.00. The zero-order valence-corrected chi connectivity index (χ0v) is 16.0. The highest BCUT2D eigenvalue weighted by molar-refractivity contribution is 7.98. The maximum Gasteiger partial charge on any atom is 0.214 e.